The molecule has 7 heteroatoms. The van der Waals surface area contributed by atoms with Crippen LogP contribution < -0.4 is 5.32 Å². The highest BCUT2D eigenvalue weighted by atomic mass is 16.6. The average Bonchev–Trinajstić information content (AvgIpc) is 3.20. The molecule has 0 saturated carbocycles. The fourth-order valence-corrected chi connectivity index (χ4v) is 3.17. The van der Waals surface area contributed by atoms with E-state index in [2.05, 4.69) is 21.4 Å². The maximum Gasteiger partial charge on any atom is 0.410 e. The number of cyclic esters (lactones) is 1. The van der Waals surface area contributed by atoms with E-state index in [1.165, 1.54) is 0 Å². The van der Waals surface area contributed by atoms with E-state index < -0.39 is 0 Å². The molecule has 134 valence electrons. The number of nitrogens with zero attached hydrogens (tertiary/aromatic N) is 4. The Bertz CT molecular complexity index is 966. The van der Waals surface area contributed by atoms with Crippen LogP contribution in [0, 0.1) is 13.8 Å². The lowest BCUT2D eigenvalue weighted by Crippen LogP contribution is -2.23. The number of imidazole rings is 1. The molecular formula is C19H21N5O2. The molecular weight excluding hydrogens is 330 g/mol. The molecule has 1 N–H and O–H groups in total. The number of nitrogens with one attached hydrogen (secondary N) is 1. The van der Waals surface area contributed by atoms with Crippen molar-refractivity contribution in [3.63, 3.8) is 0 Å². The molecule has 1 aromatic carbocycles. The number of hydrogen-bond acceptors (Lipinski definition) is 5. The summed E-state index contributed by atoms with van der Waals surface area (Å²) in [5, 5.41) is 3.39. The van der Waals surface area contributed by atoms with Crippen molar-refractivity contribution >= 4 is 17.6 Å². The highest BCUT2D eigenvalue weighted by molar-refractivity contribution is 5.69. The second kappa shape index (κ2) is 6.67. The van der Waals surface area contributed by atoms with Gasteiger partial charge in [-0.3, -0.25) is 4.40 Å². The first-order valence-electron chi connectivity index (χ1n) is 8.65. The number of anilines is 1. The minimum Gasteiger partial charge on any atom is -0.448 e. The Morgan fingerprint density at radius 2 is 2.12 bits per heavy atom. The smallest absolute Gasteiger partial charge is 0.410 e. The number of carbonyl (C=O) groups excluding carboxylic acids is 1. The fourth-order valence-electron chi connectivity index (χ4n) is 3.17. The van der Waals surface area contributed by atoms with E-state index >= 15 is 0 Å². The van der Waals surface area contributed by atoms with E-state index in [1.54, 1.807) is 4.90 Å². The third-order valence-corrected chi connectivity index (χ3v) is 4.43. The molecule has 1 amide bonds. The summed E-state index contributed by atoms with van der Waals surface area (Å²) in [4.78, 5) is 22.3. The number of amides is 1. The van der Waals surface area contributed by atoms with Crippen LogP contribution in [0.3, 0.4) is 0 Å². The summed E-state index contributed by atoms with van der Waals surface area (Å²) < 4.78 is 6.97. The van der Waals surface area contributed by atoms with Crippen LogP contribution in [-0.2, 0) is 17.8 Å². The molecule has 7 nitrogen and oxygen atoms in total. The zero-order valence-corrected chi connectivity index (χ0v) is 14.9. The normalized spacial score (nSPS) is 14.1. The summed E-state index contributed by atoms with van der Waals surface area (Å²) in [7, 11) is 0. The van der Waals surface area contributed by atoms with Crippen LogP contribution >= 0.6 is 0 Å². The second-order valence-electron chi connectivity index (χ2n) is 6.53. The van der Waals surface area contributed by atoms with Crippen LogP contribution in [0.5, 0.6) is 0 Å². The predicted octanol–water partition coefficient (Wildman–Crippen LogP) is 2.91. The van der Waals surface area contributed by atoms with Gasteiger partial charge in [0.25, 0.3) is 0 Å². The molecule has 0 atom stereocenters. The van der Waals surface area contributed by atoms with Gasteiger partial charge in [-0.25, -0.2) is 14.8 Å². The number of hydrogen-bond donors (Lipinski definition) is 1. The first-order valence-corrected chi connectivity index (χ1v) is 8.65. The van der Waals surface area contributed by atoms with E-state index in [4.69, 9.17) is 4.74 Å². The van der Waals surface area contributed by atoms with Gasteiger partial charge in [0, 0.05) is 29.8 Å². The summed E-state index contributed by atoms with van der Waals surface area (Å²) in [5.41, 5.74) is 5.07. The Balaban J connectivity index is 1.45. The summed E-state index contributed by atoms with van der Waals surface area (Å²) in [6.45, 7) is 6.30. The van der Waals surface area contributed by atoms with Gasteiger partial charge in [-0.15, -0.1) is 0 Å². The van der Waals surface area contributed by atoms with Crippen molar-refractivity contribution in [1.29, 1.82) is 0 Å². The van der Waals surface area contributed by atoms with Crippen LogP contribution in [0.2, 0.25) is 0 Å². The molecule has 4 rings (SSSR count). The monoisotopic (exact) mass is 351 g/mol. The minimum absolute atomic E-state index is 0.244. The van der Waals surface area contributed by atoms with Crippen LogP contribution in [0.4, 0.5) is 10.5 Å². The number of aromatic nitrogens is 3. The Morgan fingerprint density at radius 3 is 2.92 bits per heavy atom. The quantitative estimate of drug-likeness (QED) is 0.765. The van der Waals surface area contributed by atoms with E-state index in [-0.39, 0.29) is 6.09 Å². The maximum atomic E-state index is 11.6. The van der Waals surface area contributed by atoms with Crippen LogP contribution in [0.25, 0.3) is 5.78 Å². The van der Waals surface area contributed by atoms with Gasteiger partial charge in [0.15, 0.2) is 0 Å². The lowest BCUT2D eigenvalue weighted by molar-refractivity contribution is 0.157. The average molecular weight is 351 g/mol. The lowest BCUT2D eigenvalue weighted by atomic mass is 10.2. The van der Waals surface area contributed by atoms with Gasteiger partial charge in [-0.1, -0.05) is 12.1 Å². The molecule has 3 aromatic rings. The van der Waals surface area contributed by atoms with E-state index in [9.17, 15) is 4.79 Å². The molecule has 3 heterocycles. The molecule has 1 fully saturated rings. The number of carbonyl (C=O) groups is 1. The van der Waals surface area contributed by atoms with Gasteiger partial charge in [-0.2, -0.15) is 0 Å². The first-order chi connectivity index (χ1) is 12.6. The van der Waals surface area contributed by atoms with Gasteiger partial charge in [-0.05, 0) is 37.6 Å². The van der Waals surface area contributed by atoms with Crippen molar-refractivity contribution < 1.29 is 9.53 Å². The molecule has 2 aromatic heterocycles. The van der Waals surface area contributed by atoms with Crippen LogP contribution in [0.1, 0.15) is 22.6 Å². The standard InChI is InChI=1S/C19H21N5O2/c1-13-8-14(2)24-12-17(22-18(24)21-13)10-20-16-5-3-4-15(9-16)11-23-6-7-26-19(23)25/h3-5,8-9,12,20H,6-7,10-11H2,1-2H3. The van der Waals surface area contributed by atoms with Crippen molar-refractivity contribution in [2.75, 3.05) is 18.5 Å². The van der Waals surface area contributed by atoms with Gasteiger partial charge >= 0.3 is 6.09 Å². The summed E-state index contributed by atoms with van der Waals surface area (Å²) in [6.07, 6.45) is 1.76. The maximum absolute atomic E-state index is 11.6. The highest BCUT2D eigenvalue weighted by Crippen LogP contribution is 2.16. The minimum atomic E-state index is -0.244. The summed E-state index contributed by atoms with van der Waals surface area (Å²) in [5.74, 6) is 0.723. The molecule has 1 saturated heterocycles. The lowest BCUT2D eigenvalue weighted by Gasteiger charge is -2.13. The zero-order chi connectivity index (χ0) is 18.1. The third kappa shape index (κ3) is 3.33. The fraction of sp³-hybridized carbons (Fsp3) is 0.316. The van der Waals surface area contributed by atoms with Crippen LogP contribution in [0.15, 0.2) is 36.5 Å². The van der Waals surface area contributed by atoms with E-state index in [1.807, 2.05) is 48.7 Å². The Hall–Kier alpha value is -3.09. The number of fused-ring (bicyclic) bond motifs is 1. The number of benzene rings is 1. The van der Waals surface area contributed by atoms with Crippen molar-refractivity contribution in [2.24, 2.45) is 0 Å². The van der Waals surface area contributed by atoms with Crippen molar-refractivity contribution in [1.82, 2.24) is 19.3 Å². The number of aryl methyl sites for hydroxylation is 2. The Morgan fingerprint density at radius 1 is 1.23 bits per heavy atom. The second-order valence-corrected chi connectivity index (χ2v) is 6.53. The molecule has 26 heavy (non-hydrogen) atoms. The molecule has 0 radical (unpaired) electrons. The summed E-state index contributed by atoms with van der Waals surface area (Å²) >= 11 is 0. The van der Waals surface area contributed by atoms with Crippen molar-refractivity contribution in [2.45, 2.75) is 26.9 Å². The van der Waals surface area contributed by atoms with E-state index in [0.29, 0.717) is 26.2 Å². The van der Waals surface area contributed by atoms with Gasteiger partial charge in [0.2, 0.25) is 5.78 Å². The third-order valence-electron chi connectivity index (χ3n) is 4.43. The van der Waals surface area contributed by atoms with Crippen molar-refractivity contribution in [3.05, 3.63) is 59.2 Å². The summed E-state index contributed by atoms with van der Waals surface area (Å²) in [6, 6.07) is 10.1. The SMILES string of the molecule is Cc1cc(C)n2cc(CNc3cccc(CN4CCOC4=O)c3)nc2n1. The number of rotatable bonds is 5. The molecule has 0 bridgehead atoms. The van der Waals surface area contributed by atoms with Gasteiger partial charge in [0.1, 0.15) is 6.61 Å². The first kappa shape index (κ1) is 16.4. The molecule has 1 aliphatic rings. The topological polar surface area (TPSA) is 71.8 Å². The zero-order valence-electron chi connectivity index (χ0n) is 14.9. The molecule has 1 aliphatic heterocycles. The van der Waals surface area contributed by atoms with Crippen LogP contribution in [-0.4, -0.2) is 38.5 Å². The van der Waals surface area contributed by atoms with E-state index in [0.717, 1.165) is 34.1 Å². The highest BCUT2D eigenvalue weighted by Gasteiger charge is 2.21. The Labute approximate surface area is 151 Å². The molecule has 0 aliphatic carbocycles. The number of ether oxygens (including phenoxy) is 1. The largest absolute Gasteiger partial charge is 0.448 e. The predicted molar refractivity (Wildman–Crippen MR) is 98.0 cm³/mol. The van der Waals surface area contributed by atoms with Gasteiger partial charge in [0.05, 0.1) is 18.8 Å². The van der Waals surface area contributed by atoms with Crippen molar-refractivity contribution in [3.8, 4) is 0 Å². The molecule has 0 spiro atoms. The molecule has 0 unspecified atom stereocenters. The van der Waals surface area contributed by atoms with Gasteiger partial charge < -0.3 is 15.0 Å². The Kier molecular flexibility index (Phi) is 4.20.